The number of rotatable bonds is 9. The maximum absolute atomic E-state index is 13.1. The molecule has 0 N–H and O–H groups in total. The SMILES string of the molecule is CC(C)CCC(=O)CC1(CC(=O)CC2C3CC4CC(C3)CC2C4)CCCC1. The Balaban J connectivity index is 1.33. The van der Waals surface area contributed by atoms with Crippen LogP contribution in [0.15, 0.2) is 0 Å². The van der Waals surface area contributed by atoms with Gasteiger partial charge in [0.2, 0.25) is 0 Å². The number of carbonyl (C=O) groups excluding carboxylic acids is 2. The van der Waals surface area contributed by atoms with Crippen LogP contribution in [0, 0.1) is 40.9 Å². The van der Waals surface area contributed by atoms with Gasteiger partial charge in [0.15, 0.2) is 0 Å². The lowest BCUT2D eigenvalue weighted by Gasteiger charge is -2.54. The fourth-order valence-electron chi connectivity index (χ4n) is 7.62. The van der Waals surface area contributed by atoms with Gasteiger partial charge in [-0.05, 0) is 92.3 Å². The molecular weight excluding hydrogens is 332 g/mol. The summed E-state index contributed by atoms with van der Waals surface area (Å²) in [6.45, 7) is 4.38. The van der Waals surface area contributed by atoms with Gasteiger partial charge >= 0.3 is 0 Å². The molecule has 2 heteroatoms. The molecule has 0 aromatic rings. The van der Waals surface area contributed by atoms with Gasteiger partial charge in [-0.2, -0.15) is 0 Å². The zero-order chi connectivity index (χ0) is 19.0. The zero-order valence-electron chi connectivity index (χ0n) is 17.7. The molecule has 5 fully saturated rings. The topological polar surface area (TPSA) is 34.1 Å². The molecular formula is C25H40O2. The summed E-state index contributed by atoms with van der Waals surface area (Å²) < 4.78 is 0. The van der Waals surface area contributed by atoms with E-state index in [1.54, 1.807) is 0 Å². The molecule has 0 atom stereocenters. The van der Waals surface area contributed by atoms with Crippen molar-refractivity contribution in [3.63, 3.8) is 0 Å². The molecule has 0 saturated heterocycles. The molecule has 0 aromatic heterocycles. The molecule has 5 aliphatic carbocycles. The third-order valence-corrected chi connectivity index (χ3v) is 8.69. The van der Waals surface area contributed by atoms with E-state index < -0.39 is 0 Å². The van der Waals surface area contributed by atoms with Crippen LogP contribution < -0.4 is 0 Å². The van der Waals surface area contributed by atoms with Crippen LogP contribution in [0.3, 0.4) is 0 Å². The maximum Gasteiger partial charge on any atom is 0.133 e. The Morgan fingerprint density at radius 3 is 1.96 bits per heavy atom. The Labute approximate surface area is 166 Å². The normalized spacial score (nSPS) is 36.5. The maximum atomic E-state index is 13.1. The summed E-state index contributed by atoms with van der Waals surface area (Å²) in [7, 11) is 0. The molecule has 27 heavy (non-hydrogen) atoms. The minimum Gasteiger partial charge on any atom is -0.300 e. The van der Waals surface area contributed by atoms with Gasteiger partial charge in [0.1, 0.15) is 11.6 Å². The van der Waals surface area contributed by atoms with Gasteiger partial charge in [0.25, 0.3) is 0 Å². The Morgan fingerprint density at radius 1 is 0.852 bits per heavy atom. The highest BCUT2D eigenvalue weighted by Crippen LogP contribution is 2.57. The largest absolute Gasteiger partial charge is 0.300 e. The number of ketones is 2. The summed E-state index contributed by atoms with van der Waals surface area (Å²) in [6, 6.07) is 0. The van der Waals surface area contributed by atoms with Crippen molar-refractivity contribution in [2.75, 3.05) is 0 Å². The Bertz CT molecular complexity index is 527. The number of carbonyl (C=O) groups is 2. The van der Waals surface area contributed by atoms with Crippen LogP contribution in [0.5, 0.6) is 0 Å². The van der Waals surface area contributed by atoms with Crippen molar-refractivity contribution < 1.29 is 9.59 Å². The predicted molar refractivity (Wildman–Crippen MR) is 109 cm³/mol. The summed E-state index contributed by atoms with van der Waals surface area (Å²) >= 11 is 0. The Kier molecular flexibility index (Phi) is 5.82. The summed E-state index contributed by atoms with van der Waals surface area (Å²) in [5, 5.41) is 0. The second-order valence-corrected chi connectivity index (χ2v) is 11.4. The quantitative estimate of drug-likeness (QED) is 0.471. The average molecular weight is 373 g/mol. The van der Waals surface area contributed by atoms with Gasteiger partial charge in [-0.25, -0.2) is 0 Å². The van der Waals surface area contributed by atoms with Gasteiger partial charge in [-0.1, -0.05) is 26.7 Å². The Morgan fingerprint density at radius 2 is 1.41 bits per heavy atom. The molecule has 5 aliphatic rings. The van der Waals surface area contributed by atoms with Crippen LogP contribution in [0.2, 0.25) is 0 Å². The minimum absolute atomic E-state index is 0.0249. The minimum atomic E-state index is 0.0249. The fourth-order valence-corrected chi connectivity index (χ4v) is 7.62. The van der Waals surface area contributed by atoms with Crippen molar-refractivity contribution in [3.8, 4) is 0 Å². The monoisotopic (exact) mass is 372 g/mol. The highest BCUT2D eigenvalue weighted by Gasteiger charge is 2.49. The van der Waals surface area contributed by atoms with E-state index in [-0.39, 0.29) is 5.41 Å². The summed E-state index contributed by atoms with van der Waals surface area (Å²) in [5.74, 6) is 5.83. The molecule has 0 amide bonds. The van der Waals surface area contributed by atoms with Crippen molar-refractivity contribution in [2.45, 2.75) is 104 Å². The lowest BCUT2D eigenvalue weighted by molar-refractivity contribution is -0.128. The first-order valence-corrected chi connectivity index (χ1v) is 12.0. The first-order chi connectivity index (χ1) is 12.9. The molecule has 152 valence electrons. The Hall–Kier alpha value is -0.660. The molecule has 0 spiro atoms. The number of hydrogen-bond acceptors (Lipinski definition) is 2. The first-order valence-electron chi connectivity index (χ1n) is 12.0. The van der Waals surface area contributed by atoms with E-state index in [9.17, 15) is 9.59 Å². The average Bonchev–Trinajstić information content (AvgIpc) is 3.03. The summed E-state index contributed by atoms with van der Waals surface area (Å²) in [5.41, 5.74) is 0.0249. The summed E-state index contributed by atoms with van der Waals surface area (Å²) in [6.07, 6.45) is 15.6. The molecule has 0 aliphatic heterocycles. The van der Waals surface area contributed by atoms with Gasteiger partial charge in [0, 0.05) is 25.7 Å². The standard InChI is InChI=1S/C25H40O2/c1-17(2)5-6-22(26)15-25(7-3-4-8-25)16-23(27)14-24-20-10-18-9-19(12-20)13-21(24)11-18/h17-21,24H,3-16H2,1-2H3. The molecule has 5 saturated carbocycles. The van der Waals surface area contributed by atoms with E-state index in [2.05, 4.69) is 13.8 Å². The van der Waals surface area contributed by atoms with Crippen LogP contribution in [-0.2, 0) is 9.59 Å². The molecule has 0 radical (unpaired) electrons. The van der Waals surface area contributed by atoms with Crippen molar-refractivity contribution in [2.24, 2.45) is 40.9 Å². The van der Waals surface area contributed by atoms with Gasteiger partial charge in [-0.3, -0.25) is 9.59 Å². The fraction of sp³-hybridized carbons (Fsp3) is 0.920. The molecule has 5 rings (SSSR count). The highest BCUT2D eigenvalue weighted by molar-refractivity contribution is 5.83. The lowest BCUT2D eigenvalue weighted by Crippen LogP contribution is -2.45. The molecule has 0 aromatic carbocycles. The van der Waals surface area contributed by atoms with Crippen molar-refractivity contribution in [3.05, 3.63) is 0 Å². The van der Waals surface area contributed by atoms with Gasteiger partial charge in [0.05, 0.1) is 0 Å². The summed E-state index contributed by atoms with van der Waals surface area (Å²) in [4.78, 5) is 25.7. The molecule has 4 bridgehead atoms. The van der Waals surface area contributed by atoms with Crippen molar-refractivity contribution in [1.82, 2.24) is 0 Å². The number of Topliss-reactive ketones (excluding diaryl/α,β-unsaturated/α-hetero) is 2. The van der Waals surface area contributed by atoms with Crippen molar-refractivity contribution >= 4 is 11.6 Å². The van der Waals surface area contributed by atoms with Crippen LogP contribution in [0.25, 0.3) is 0 Å². The smallest absolute Gasteiger partial charge is 0.133 e. The predicted octanol–water partition coefficient (Wildman–Crippen LogP) is 6.36. The number of hydrogen-bond donors (Lipinski definition) is 0. The molecule has 2 nitrogen and oxygen atoms in total. The highest BCUT2D eigenvalue weighted by atomic mass is 16.1. The van der Waals surface area contributed by atoms with Crippen LogP contribution in [0.1, 0.15) is 104 Å². The van der Waals surface area contributed by atoms with Crippen LogP contribution >= 0.6 is 0 Å². The van der Waals surface area contributed by atoms with Gasteiger partial charge < -0.3 is 0 Å². The molecule has 0 unspecified atom stereocenters. The van der Waals surface area contributed by atoms with Gasteiger partial charge in [-0.15, -0.1) is 0 Å². The first kappa shape index (κ1) is 19.6. The third-order valence-electron chi connectivity index (χ3n) is 8.69. The van der Waals surface area contributed by atoms with E-state index in [4.69, 9.17) is 0 Å². The van der Waals surface area contributed by atoms with Crippen LogP contribution in [-0.4, -0.2) is 11.6 Å². The second kappa shape index (κ2) is 7.99. The van der Waals surface area contributed by atoms with E-state index in [0.717, 1.165) is 49.4 Å². The van der Waals surface area contributed by atoms with E-state index >= 15 is 0 Å². The van der Waals surface area contributed by atoms with Crippen LogP contribution in [0.4, 0.5) is 0 Å². The van der Waals surface area contributed by atoms with Crippen molar-refractivity contribution in [1.29, 1.82) is 0 Å². The van der Waals surface area contributed by atoms with E-state index in [1.807, 2.05) is 0 Å². The third kappa shape index (κ3) is 4.51. The zero-order valence-corrected chi connectivity index (χ0v) is 17.7. The molecule has 0 heterocycles. The second-order valence-electron chi connectivity index (χ2n) is 11.4. The van der Waals surface area contributed by atoms with E-state index in [0.29, 0.717) is 42.7 Å². The van der Waals surface area contributed by atoms with E-state index in [1.165, 1.54) is 44.9 Å². The lowest BCUT2D eigenvalue weighted by atomic mass is 9.51.